The first-order valence-electron chi connectivity index (χ1n) is 5.81. The van der Waals surface area contributed by atoms with Crippen LogP contribution in [0.25, 0.3) is 0 Å². The third kappa shape index (κ3) is 1.69. The fourth-order valence-electron chi connectivity index (χ4n) is 2.41. The number of benzene rings is 1. The lowest BCUT2D eigenvalue weighted by Crippen LogP contribution is -2.43. The van der Waals surface area contributed by atoms with Gasteiger partial charge in [-0.05, 0) is 39.3 Å². The molecule has 1 amide bonds. The Bertz CT molecular complexity index is 566. The Labute approximate surface area is 112 Å². The summed E-state index contributed by atoms with van der Waals surface area (Å²) in [7, 11) is 0. The number of amides is 1. The Balaban J connectivity index is 2.68. The van der Waals surface area contributed by atoms with Crippen LogP contribution >= 0.6 is 11.6 Å². The molecule has 0 saturated carbocycles. The molecule has 0 spiro atoms. The van der Waals surface area contributed by atoms with Crippen LogP contribution in [0.5, 0.6) is 0 Å². The number of rotatable bonds is 0. The summed E-state index contributed by atoms with van der Waals surface area (Å²) in [6, 6.07) is 5.22. The summed E-state index contributed by atoms with van der Waals surface area (Å²) in [4.78, 5) is 14.1. The average molecular weight is 263 g/mol. The lowest BCUT2D eigenvalue weighted by Gasteiger charge is -2.34. The fraction of sp³-hybridized carbons (Fsp3) is 0.429. The van der Waals surface area contributed by atoms with Gasteiger partial charge in [-0.2, -0.15) is 5.26 Å². The molecule has 0 aliphatic carbocycles. The largest absolute Gasteiger partial charge is 0.314 e. The maximum atomic E-state index is 12.5. The molecule has 1 aromatic carbocycles. The summed E-state index contributed by atoms with van der Waals surface area (Å²) in [5, 5.41) is 9.91. The number of nitrogens with zero attached hydrogens (tertiary/aromatic N) is 2. The Morgan fingerprint density at radius 2 is 2.00 bits per heavy atom. The molecule has 0 bridgehead atoms. The van der Waals surface area contributed by atoms with Gasteiger partial charge in [0.25, 0.3) is 5.91 Å². The fourth-order valence-corrected chi connectivity index (χ4v) is 2.57. The van der Waals surface area contributed by atoms with Gasteiger partial charge in [-0.1, -0.05) is 17.7 Å². The number of fused-ring (bicyclic) bond motifs is 1. The number of hydrogen-bond donors (Lipinski definition) is 0. The smallest absolute Gasteiger partial charge is 0.256 e. The molecule has 2 rings (SSSR count). The third-order valence-electron chi connectivity index (χ3n) is 3.26. The van der Waals surface area contributed by atoms with E-state index in [9.17, 15) is 10.1 Å². The summed E-state index contributed by atoms with van der Waals surface area (Å²) in [6.07, 6.45) is 0. The van der Waals surface area contributed by atoms with Gasteiger partial charge in [0.05, 0.1) is 11.6 Å². The first-order chi connectivity index (χ1) is 8.29. The zero-order valence-electron chi connectivity index (χ0n) is 10.9. The summed E-state index contributed by atoms with van der Waals surface area (Å²) in [5.41, 5.74) is 1.71. The van der Waals surface area contributed by atoms with Gasteiger partial charge in [0.1, 0.15) is 6.04 Å². The first kappa shape index (κ1) is 12.9. The minimum atomic E-state index is -0.525. The van der Waals surface area contributed by atoms with Gasteiger partial charge in [-0.3, -0.25) is 4.79 Å². The number of carbonyl (C=O) groups is 1. The van der Waals surface area contributed by atoms with Crippen LogP contribution < -0.4 is 0 Å². The molecule has 4 heteroatoms. The zero-order valence-corrected chi connectivity index (χ0v) is 11.7. The van der Waals surface area contributed by atoms with Crippen LogP contribution in [0.3, 0.4) is 0 Å². The van der Waals surface area contributed by atoms with Crippen LogP contribution in [0.1, 0.15) is 48.3 Å². The van der Waals surface area contributed by atoms with E-state index in [0.29, 0.717) is 10.6 Å². The van der Waals surface area contributed by atoms with Crippen LogP contribution in [-0.2, 0) is 0 Å². The highest BCUT2D eigenvalue weighted by Crippen LogP contribution is 2.41. The van der Waals surface area contributed by atoms with E-state index in [0.717, 1.165) is 11.1 Å². The van der Waals surface area contributed by atoms with Crippen molar-refractivity contribution in [3.63, 3.8) is 0 Å². The van der Waals surface area contributed by atoms with Crippen LogP contribution in [-0.4, -0.2) is 16.3 Å². The van der Waals surface area contributed by atoms with Crippen LogP contribution in [0, 0.1) is 18.3 Å². The normalized spacial score (nSPS) is 18.8. The van der Waals surface area contributed by atoms with Crippen molar-refractivity contribution in [2.24, 2.45) is 0 Å². The van der Waals surface area contributed by atoms with Crippen molar-refractivity contribution in [1.29, 1.82) is 5.26 Å². The van der Waals surface area contributed by atoms with Gasteiger partial charge in [0.2, 0.25) is 0 Å². The third-order valence-corrected chi connectivity index (χ3v) is 3.67. The van der Waals surface area contributed by atoms with Gasteiger partial charge in [0.15, 0.2) is 0 Å². The summed E-state index contributed by atoms with van der Waals surface area (Å²) >= 11 is 6.06. The molecule has 0 fully saturated rings. The van der Waals surface area contributed by atoms with Crippen LogP contribution in [0.15, 0.2) is 12.1 Å². The van der Waals surface area contributed by atoms with E-state index in [4.69, 9.17) is 11.6 Å². The second-order valence-corrected chi connectivity index (χ2v) is 5.92. The molecule has 1 aliphatic heterocycles. The molecular formula is C14H15ClN2O. The molecule has 0 saturated heterocycles. The molecule has 1 atom stereocenters. The van der Waals surface area contributed by atoms with Crippen molar-refractivity contribution in [2.75, 3.05) is 0 Å². The van der Waals surface area contributed by atoms with E-state index >= 15 is 0 Å². The van der Waals surface area contributed by atoms with E-state index in [1.807, 2.05) is 27.7 Å². The zero-order chi connectivity index (χ0) is 13.7. The Kier molecular flexibility index (Phi) is 2.87. The molecule has 18 heavy (non-hydrogen) atoms. The summed E-state index contributed by atoms with van der Waals surface area (Å²) < 4.78 is 0. The minimum absolute atomic E-state index is 0.107. The predicted octanol–water partition coefficient (Wildman–Crippen LogP) is 3.47. The van der Waals surface area contributed by atoms with Gasteiger partial charge in [0, 0.05) is 16.1 Å². The highest BCUT2D eigenvalue weighted by Gasteiger charge is 2.43. The van der Waals surface area contributed by atoms with Gasteiger partial charge >= 0.3 is 0 Å². The second kappa shape index (κ2) is 4.00. The average Bonchev–Trinajstić information content (AvgIpc) is 2.56. The van der Waals surface area contributed by atoms with Crippen molar-refractivity contribution in [2.45, 2.75) is 39.3 Å². The van der Waals surface area contributed by atoms with Crippen molar-refractivity contribution in [3.05, 3.63) is 33.8 Å². The van der Waals surface area contributed by atoms with E-state index in [1.165, 1.54) is 0 Å². The molecular weight excluding hydrogens is 248 g/mol. The van der Waals surface area contributed by atoms with Crippen molar-refractivity contribution >= 4 is 17.5 Å². The van der Waals surface area contributed by atoms with E-state index in [2.05, 4.69) is 6.07 Å². The Morgan fingerprint density at radius 3 is 2.50 bits per heavy atom. The van der Waals surface area contributed by atoms with Crippen molar-refractivity contribution in [3.8, 4) is 6.07 Å². The van der Waals surface area contributed by atoms with E-state index < -0.39 is 11.6 Å². The molecule has 0 N–H and O–H groups in total. The maximum absolute atomic E-state index is 12.5. The Hall–Kier alpha value is -1.53. The van der Waals surface area contributed by atoms with Gasteiger partial charge in [-0.25, -0.2) is 0 Å². The molecule has 3 nitrogen and oxygen atoms in total. The molecule has 94 valence electrons. The van der Waals surface area contributed by atoms with E-state index in [-0.39, 0.29) is 5.91 Å². The van der Waals surface area contributed by atoms with Crippen molar-refractivity contribution < 1.29 is 4.79 Å². The highest BCUT2D eigenvalue weighted by molar-refractivity contribution is 6.32. The van der Waals surface area contributed by atoms with Crippen LogP contribution in [0.4, 0.5) is 0 Å². The van der Waals surface area contributed by atoms with Crippen molar-refractivity contribution in [1.82, 2.24) is 4.90 Å². The van der Waals surface area contributed by atoms with E-state index in [1.54, 1.807) is 17.0 Å². The SMILES string of the molecule is Cc1c(Cl)ccc2c1C(=O)N(C(C)(C)C)C2C#N. The van der Waals surface area contributed by atoms with Crippen LogP contribution in [0.2, 0.25) is 5.02 Å². The molecule has 1 aromatic rings. The quantitative estimate of drug-likeness (QED) is 0.719. The topological polar surface area (TPSA) is 44.1 Å². The Morgan fingerprint density at radius 1 is 1.39 bits per heavy atom. The standard InChI is InChI=1S/C14H15ClN2O/c1-8-10(15)6-5-9-11(7-16)17(14(2,3)4)13(18)12(8)9/h5-6,11H,1-4H3. The minimum Gasteiger partial charge on any atom is -0.314 e. The maximum Gasteiger partial charge on any atom is 0.256 e. The highest BCUT2D eigenvalue weighted by atomic mass is 35.5. The number of nitriles is 1. The molecule has 1 heterocycles. The molecule has 0 aromatic heterocycles. The molecule has 0 radical (unpaired) electrons. The molecule has 1 aliphatic rings. The van der Waals surface area contributed by atoms with Gasteiger partial charge in [-0.15, -0.1) is 0 Å². The second-order valence-electron chi connectivity index (χ2n) is 5.51. The first-order valence-corrected chi connectivity index (χ1v) is 6.19. The number of carbonyl (C=O) groups excluding carboxylic acids is 1. The monoisotopic (exact) mass is 262 g/mol. The lowest BCUT2D eigenvalue weighted by molar-refractivity contribution is 0.0567. The lowest BCUT2D eigenvalue weighted by atomic mass is 10.0. The summed E-state index contributed by atoms with van der Waals surface area (Å²) in [6.45, 7) is 7.61. The number of halogens is 1. The molecule has 1 unspecified atom stereocenters. The van der Waals surface area contributed by atoms with Gasteiger partial charge < -0.3 is 4.90 Å². The summed E-state index contributed by atoms with van der Waals surface area (Å²) in [5.74, 6) is -0.107. The number of hydrogen-bond acceptors (Lipinski definition) is 2. The predicted molar refractivity (Wildman–Crippen MR) is 70.5 cm³/mol.